The number of carbonyl (C=O) groups excluding carboxylic acids is 1. The molecule has 0 N–H and O–H groups in total. The van der Waals surface area contributed by atoms with Gasteiger partial charge in [0, 0.05) is 30.5 Å². The van der Waals surface area contributed by atoms with Crippen LogP contribution < -0.4 is 0 Å². The lowest BCUT2D eigenvalue weighted by atomic mass is 9.96. The molecule has 1 aromatic rings. The first-order valence-corrected chi connectivity index (χ1v) is 7.34. The minimum absolute atomic E-state index is 0.286. The number of aryl methyl sites for hydroxylation is 1. The Labute approximate surface area is 116 Å². The van der Waals surface area contributed by atoms with Crippen LogP contribution in [-0.2, 0) is 18.3 Å². The van der Waals surface area contributed by atoms with Crippen molar-refractivity contribution in [3.8, 4) is 0 Å². The van der Waals surface area contributed by atoms with Crippen molar-refractivity contribution in [2.45, 2.75) is 65.5 Å². The lowest BCUT2D eigenvalue weighted by molar-refractivity contribution is -0.136. The van der Waals surface area contributed by atoms with Gasteiger partial charge in [-0.1, -0.05) is 0 Å². The van der Waals surface area contributed by atoms with Gasteiger partial charge in [0.25, 0.3) is 0 Å². The van der Waals surface area contributed by atoms with Crippen molar-refractivity contribution in [2.24, 2.45) is 7.05 Å². The van der Waals surface area contributed by atoms with E-state index in [0.29, 0.717) is 18.5 Å². The van der Waals surface area contributed by atoms with Crippen LogP contribution in [0.2, 0.25) is 0 Å². The number of piperidine rings is 1. The van der Waals surface area contributed by atoms with E-state index in [1.165, 1.54) is 23.4 Å². The predicted molar refractivity (Wildman–Crippen MR) is 78.2 cm³/mol. The molecule has 106 valence electrons. The van der Waals surface area contributed by atoms with Gasteiger partial charge in [-0.2, -0.15) is 0 Å². The maximum Gasteiger partial charge on any atom is 0.227 e. The molecule has 3 nitrogen and oxygen atoms in total. The summed E-state index contributed by atoms with van der Waals surface area (Å²) >= 11 is 0. The number of carbonyl (C=O) groups is 1. The molecule has 0 saturated carbocycles. The topological polar surface area (TPSA) is 25.2 Å². The maximum atomic E-state index is 12.6. The van der Waals surface area contributed by atoms with E-state index < -0.39 is 0 Å². The monoisotopic (exact) mass is 262 g/mol. The lowest BCUT2D eigenvalue weighted by Crippen LogP contribution is -2.48. The summed E-state index contributed by atoms with van der Waals surface area (Å²) < 4.78 is 2.16. The molecular weight excluding hydrogens is 236 g/mol. The molecule has 2 heterocycles. The Bertz CT molecular complexity index is 465. The third-order valence-corrected chi connectivity index (χ3v) is 4.70. The number of hydrogen-bond donors (Lipinski definition) is 0. The van der Waals surface area contributed by atoms with Crippen molar-refractivity contribution in [3.63, 3.8) is 0 Å². The van der Waals surface area contributed by atoms with Crippen LogP contribution >= 0.6 is 0 Å². The molecule has 1 amide bonds. The molecule has 1 aliphatic heterocycles. The number of nitrogens with zero attached hydrogens (tertiary/aromatic N) is 2. The zero-order valence-electron chi connectivity index (χ0n) is 12.9. The number of rotatable bonds is 2. The fourth-order valence-corrected chi connectivity index (χ4v) is 3.28. The van der Waals surface area contributed by atoms with Gasteiger partial charge in [0.15, 0.2) is 0 Å². The standard InChI is InChI=1S/C16H26N2O/c1-11-7-6-8-12(2)18(11)16(19)10-15-9-13(3)17(5)14(15)4/h9,11-12H,6-8,10H2,1-5H3. The van der Waals surface area contributed by atoms with Gasteiger partial charge in [-0.25, -0.2) is 0 Å². The summed E-state index contributed by atoms with van der Waals surface area (Å²) in [6.45, 7) is 8.54. The van der Waals surface area contributed by atoms with Gasteiger partial charge < -0.3 is 9.47 Å². The number of hydrogen-bond acceptors (Lipinski definition) is 1. The third-order valence-electron chi connectivity index (χ3n) is 4.70. The van der Waals surface area contributed by atoms with E-state index in [4.69, 9.17) is 0 Å². The van der Waals surface area contributed by atoms with E-state index in [0.717, 1.165) is 12.8 Å². The minimum atomic E-state index is 0.286. The van der Waals surface area contributed by atoms with Crippen molar-refractivity contribution in [1.29, 1.82) is 0 Å². The molecule has 1 aliphatic rings. The molecular formula is C16H26N2O. The summed E-state index contributed by atoms with van der Waals surface area (Å²) in [5.41, 5.74) is 3.61. The van der Waals surface area contributed by atoms with Crippen LogP contribution in [0.25, 0.3) is 0 Å². The molecule has 3 heteroatoms. The van der Waals surface area contributed by atoms with Crippen molar-refractivity contribution in [3.05, 3.63) is 23.0 Å². The fourth-order valence-electron chi connectivity index (χ4n) is 3.28. The van der Waals surface area contributed by atoms with Gasteiger partial charge in [-0.05, 0) is 58.6 Å². The quantitative estimate of drug-likeness (QED) is 0.804. The van der Waals surface area contributed by atoms with Gasteiger partial charge >= 0.3 is 0 Å². The van der Waals surface area contributed by atoms with Crippen LogP contribution in [0.15, 0.2) is 6.07 Å². The highest BCUT2D eigenvalue weighted by Gasteiger charge is 2.29. The summed E-state index contributed by atoms with van der Waals surface area (Å²) in [5.74, 6) is 0.286. The smallest absolute Gasteiger partial charge is 0.227 e. The lowest BCUT2D eigenvalue weighted by Gasteiger charge is -2.39. The van der Waals surface area contributed by atoms with E-state index >= 15 is 0 Å². The van der Waals surface area contributed by atoms with Crippen LogP contribution in [0.1, 0.15) is 50.1 Å². The Morgan fingerprint density at radius 3 is 2.32 bits per heavy atom. The van der Waals surface area contributed by atoms with Gasteiger partial charge in [0.1, 0.15) is 0 Å². The molecule has 1 aromatic heterocycles. The molecule has 0 aliphatic carbocycles. The van der Waals surface area contributed by atoms with E-state index in [-0.39, 0.29) is 5.91 Å². The van der Waals surface area contributed by atoms with Crippen molar-refractivity contribution >= 4 is 5.91 Å². The normalized spacial score (nSPS) is 23.7. The second kappa shape index (κ2) is 5.40. The first kappa shape index (κ1) is 14.2. The van der Waals surface area contributed by atoms with Gasteiger partial charge in [0.05, 0.1) is 6.42 Å². The molecule has 1 saturated heterocycles. The molecule has 0 spiro atoms. The van der Waals surface area contributed by atoms with E-state index in [1.807, 2.05) is 0 Å². The first-order chi connectivity index (χ1) is 8.91. The van der Waals surface area contributed by atoms with Crippen LogP contribution in [0, 0.1) is 13.8 Å². The van der Waals surface area contributed by atoms with Crippen molar-refractivity contribution < 1.29 is 4.79 Å². The number of amides is 1. The number of likely N-dealkylation sites (tertiary alicyclic amines) is 1. The van der Waals surface area contributed by atoms with Crippen LogP contribution in [0.5, 0.6) is 0 Å². The summed E-state index contributed by atoms with van der Waals surface area (Å²) in [6.07, 6.45) is 4.07. The Kier molecular flexibility index (Phi) is 4.02. The Morgan fingerprint density at radius 2 is 1.84 bits per heavy atom. The Balaban J connectivity index is 2.14. The van der Waals surface area contributed by atoms with E-state index in [9.17, 15) is 4.79 Å². The molecule has 2 atom stereocenters. The van der Waals surface area contributed by atoms with Gasteiger partial charge in [0.2, 0.25) is 5.91 Å². The second-order valence-corrected chi connectivity index (χ2v) is 6.06. The molecule has 1 fully saturated rings. The molecule has 19 heavy (non-hydrogen) atoms. The number of aromatic nitrogens is 1. The predicted octanol–water partition coefficient (Wildman–Crippen LogP) is 2.97. The minimum Gasteiger partial charge on any atom is -0.352 e. The van der Waals surface area contributed by atoms with Crippen LogP contribution in [0.3, 0.4) is 0 Å². The Hall–Kier alpha value is -1.25. The second-order valence-electron chi connectivity index (χ2n) is 6.06. The molecule has 0 aromatic carbocycles. The Morgan fingerprint density at radius 1 is 1.26 bits per heavy atom. The summed E-state index contributed by atoms with van der Waals surface area (Å²) in [5, 5.41) is 0. The van der Waals surface area contributed by atoms with Crippen LogP contribution in [0.4, 0.5) is 0 Å². The molecule has 0 radical (unpaired) electrons. The SMILES string of the molecule is Cc1cc(CC(=O)N2C(C)CCCC2C)c(C)n1C. The van der Waals surface area contributed by atoms with Crippen molar-refractivity contribution in [1.82, 2.24) is 9.47 Å². The van der Waals surface area contributed by atoms with Gasteiger partial charge in [-0.3, -0.25) is 4.79 Å². The average Bonchev–Trinajstić information content (AvgIpc) is 2.57. The molecule has 2 unspecified atom stereocenters. The highest BCUT2D eigenvalue weighted by atomic mass is 16.2. The third kappa shape index (κ3) is 2.70. The van der Waals surface area contributed by atoms with E-state index in [1.54, 1.807) is 0 Å². The fraction of sp³-hybridized carbons (Fsp3) is 0.688. The zero-order valence-corrected chi connectivity index (χ0v) is 12.9. The molecule has 0 bridgehead atoms. The highest BCUT2D eigenvalue weighted by molar-refractivity contribution is 5.79. The van der Waals surface area contributed by atoms with E-state index in [2.05, 4.69) is 50.3 Å². The summed E-state index contributed by atoms with van der Waals surface area (Å²) in [6, 6.07) is 2.93. The molecule has 2 rings (SSSR count). The first-order valence-electron chi connectivity index (χ1n) is 7.34. The largest absolute Gasteiger partial charge is 0.352 e. The average molecular weight is 262 g/mol. The van der Waals surface area contributed by atoms with Crippen molar-refractivity contribution in [2.75, 3.05) is 0 Å². The zero-order chi connectivity index (χ0) is 14.2. The maximum absolute atomic E-state index is 12.6. The summed E-state index contributed by atoms with van der Waals surface area (Å²) in [7, 11) is 2.06. The van der Waals surface area contributed by atoms with Crippen LogP contribution in [-0.4, -0.2) is 27.5 Å². The summed E-state index contributed by atoms with van der Waals surface area (Å²) in [4.78, 5) is 14.7. The van der Waals surface area contributed by atoms with Gasteiger partial charge in [-0.15, -0.1) is 0 Å². The highest BCUT2D eigenvalue weighted by Crippen LogP contribution is 2.24.